The molecule has 0 aromatic heterocycles. The molecule has 0 bridgehead atoms. The van der Waals surface area contributed by atoms with Crippen molar-refractivity contribution < 1.29 is 9.47 Å². The minimum absolute atomic E-state index is 0.583. The fraction of sp³-hybridized carbons (Fsp3) is 0.800. The lowest BCUT2D eigenvalue weighted by Gasteiger charge is -2.19. The molecule has 1 saturated heterocycles. The van der Waals surface area contributed by atoms with E-state index in [2.05, 4.69) is 31.1 Å². The molecule has 0 radical (unpaired) electrons. The smallest absolute Gasteiger partial charge is 0.232 e. The van der Waals surface area contributed by atoms with Gasteiger partial charge < -0.3 is 9.47 Å². The average molecular weight is 198 g/mol. The van der Waals surface area contributed by atoms with E-state index >= 15 is 0 Å². The zero-order valence-electron chi connectivity index (χ0n) is 8.94. The first-order chi connectivity index (χ1) is 5.97. The number of ether oxygens (including phenoxy) is 2. The molecule has 3 heteroatoms. The first kappa shape index (κ1) is 10.8. The fourth-order valence-electron chi connectivity index (χ4n) is 1.10. The van der Waals surface area contributed by atoms with Crippen molar-refractivity contribution in [2.75, 3.05) is 13.2 Å². The highest BCUT2D eigenvalue weighted by Crippen LogP contribution is 2.22. The molecule has 1 fully saturated rings. The normalized spacial score (nSPS) is 20.9. The first-order valence-corrected chi connectivity index (χ1v) is 8.30. The van der Waals surface area contributed by atoms with Gasteiger partial charge in [-0.3, -0.25) is 0 Å². The molecule has 0 saturated carbocycles. The number of hydrogen-bond donors (Lipinski definition) is 0. The van der Waals surface area contributed by atoms with Gasteiger partial charge in [-0.1, -0.05) is 26.6 Å². The standard InChI is InChI=1S/C10H18O2Si/c1-5-10(11-7-8-12-10)6-9-13(2,3)4/h5,7-8H2,1-4H3. The number of hydrogen-bond acceptors (Lipinski definition) is 2. The van der Waals surface area contributed by atoms with Crippen molar-refractivity contribution in [2.24, 2.45) is 0 Å². The van der Waals surface area contributed by atoms with E-state index in [1.165, 1.54) is 0 Å². The summed E-state index contributed by atoms with van der Waals surface area (Å²) >= 11 is 0. The molecule has 0 atom stereocenters. The van der Waals surface area contributed by atoms with Crippen LogP contribution < -0.4 is 0 Å². The van der Waals surface area contributed by atoms with Crippen molar-refractivity contribution in [1.29, 1.82) is 0 Å². The molecule has 0 unspecified atom stereocenters. The second-order valence-electron chi connectivity index (χ2n) is 4.30. The predicted molar refractivity (Wildman–Crippen MR) is 56.0 cm³/mol. The summed E-state index contributed by atoms with van der Waals surface area (Å²) in [6, 6.07) is 0. The van der Waals surface area contributed by atoms with E-state index in [4.69, 9.17) is 9.47 Å². The Morgan fingerprint density at radius 2 is 1.77 bits per heavy atom. The zero-order chi connectivity index (χ0) is 9.95. The second kappa shape index (κ2) is 3.83. The third-order valence-electron chi connectivity index (χ3n) is 1.85. The van der Waals surface area contributed by atoms with Gasteiger partial charge in [0.25, 0.3) is 0 Å². The summed E-state index contributed by atoms with van der Waals surface area (Å²) in [5.74, 6) is 2.57. The van der Waals surface area contributed by atoms with E-state index in [1.54, 1.807) is 0 Å². The van der Waals surface area contributed by atoms with Gasteiger partial charge >= 0.3 is 0 Å². The highest BCUT2D eigenvalue weighted by Gasteiger charge is 2.32. The average Bonchev–Trinajstić information content (AvgIpc) is 2.49. The van der Waals surface area contributed by atoms with Crippen LogP contribution >= 0.6 is 0 Å². The third-order valence-corrected chi connectivity index (χ3v) is 2.72. The summed E-state index contributed by atoms with van der Waals surface area (Å²) in [6.45, 7) is 10.1. The lowest BCUT2D eigenvalue weighted by Crippen LogP contribution is -2.28. The molecular weight excluding hydrogens is 180 g/mol. The van der Waals surface area contributed by atoms with Crippen molar-refractivity contribution in [3.8, 4) is 11.5 Å². The van der Waals surface area contributed by atoms with Gasteiger partial charge in [0, 0.05) is 6.42 Å². The van der Waals surface area contributed by atoms with Crippen LogP contribution in [0.15, 0.2) is 0 Å². The molecule has 0 aromatic carbocycles. The summed E-state index contributed by atoms with van der Waals surface area (Å²) in [5, 5.41) is 0. The summed E-state index contributed by atoms with van der Waals surface area (Å²) in [6.07, 6.45) is 0.810. The second-order valence-corrected chi connectivity index (χ2v) is 9.05. The van der Waals surface area contributed by atoms with E-state index < -0.39 is 13.9 Å². The van der Waals surface area contributed by atoms with Crippen LogP contribution in [0.2, 0.25) is 19.6 Å². The van der Waals surface area contributed by atoms with Gasteiger partial charge in [0.2, 0.25) is 5.79 Å². The fourth-order valence-corrected chi connectivity index (χ4v) is 1.67. The van der Waals surface area contributed by atoms with Crippen LogP contribution in [0, 0.1) is 11.5 Å². The van der Waals surface area contributed by atoms with E-state index in [9.17, 15) is 0 Å². The Kier molecular flexibility index (Phi) is 3.17. The molecule has 1 heterocycles. The van der Waals surface area contributed by atoms with Crippen LogP contribution in [0.4, 0.5) is 0 Å². The molecule has 1 aliphatic rings. The Balaban J connectivity index is 2.72. The van der Waals surface area contributed by atoms with E-state index in [-0.39, 0.29) is 0 Å². The highest BCUT2D eigenvalue weighted by molar-refractivity contribution is 6.83. The summed E-state index contributed by atoms with van der Waals surface area (Å²) in [4.78, 5) is 0. The van der Waals surface area contributed by atoms with Crippen LogP contribution in [0.1, 0.15) is 13.3 Å². The Labute approximate surface area is 81.6 Å². The predicted octanol–water partition coefficient (Wildman–Crippen LogP) is 2.02. The molecule has 1 aliphatic heterocycles. The molecule has 0 aromatic rings. The quantitative estimate of drug-likeness (QED) is 0.474. The van der Waals surface area contributed by atoms with Gasteiger partial charge in [0.15, 0.2) is 0 Å². The minimum atomic E-state index is -1.31. The van der Waals surface area contributed by atoms with E-state index in [0.29, 0.717) is 13.2 Å². The molecule has 0 amide bonds. The van der Waals surface area contributed by atoms with Crippen LogP contribution in [0.5, 0.6) is 0 Å². The number of rotatable bonds is 1. The molecule has 74 valence electrons. The highest BCUT2D eigenvalue weighted by atomic mass is 28.3. The van der Waals surface area contributed by atoms with Crippen molar-refractivity contribution in [1.82, 2.24) is 0 Å². The van der Waals surface area contributed by atoms with Crippen molar-refractivity contribution in [3.05, 3.63) is 0 Å². The zero-order valence-corrected chi connectivity index (χ0v) is 9.94. The van der Waals surface area contributed by atoms with Gasteiger partial charge in [0.05, 0.1) is 13.2 Å². The van der Waals surface area contributed by atoms with Gasteiger partial charge in [0.1, 0.15) is 8.07 Å². The summed E-state index contributed by atoms with van der Waals surface area (Å²) < 4.78 is 11.0. The largest absolute Gasteiger partial charge is 0.337 e. The molecule has 0 N–H and O–H groups in total. The van der Waals surface area contributed by atoms with Crippen molar-refractivity contribution in [3.63, 3.8) is 0 Å². The lowest BCUT2D eigenvalue weighted by molar-refractivity contribution is -0.109. The van der Waals surface area contributed by atoms with Gasteiger partial charge in [-0.15, -0.1) is 5.54 Å². The molecular formula is C10H18O2Si. The Morgan fingerprint density at radius 3 is 2.15 bits per heavy atom. The van der Waals surface area contributed by atoms with Crippen molar-refractivity contribution in [2.45, 2.75) is 38.8 Å². The Morgan fingerprint density at radius 1 is 1.23 bits per heavy atom. The van der Waals surface area contributed by atoms with Crippen LogP contribution in [-0.2, 0) is 9.47 Å². The first-order valence-electron chi connectivity index (χ1n) is 4.80. The topological polar surface area (TPSA) is 18.5 Å². The minimum Gasteiger partial charge on any atom is -0.337 e. The SMILES string of the molecule is CCC1(C#C[Si](C)(C)C)OCCO1. The maximum absolute atomic E-state index is 5.51. The third kappa shape index (κ3) is 3.15. The monoisotopic (exact) mass is 198 g/mol. The molecule has 13 heavy (non-hydrogen) atoms. The van der Waals surface area contributed by atoms with Gasteiger partial charge in [-0.05, 0) is 5.92 Å². The van der Waals surface area contributed by atoms with Crippen LogP contribution in [0.3, 0.4) is 0 Å². The van der Waals surface area contributed by atoms with Crippen molar-refractivity contribution >= 4 is 8.07 Å². The maximum atomic E-state index is 5.51. The van der Waals surface area contributed by atoms with E-state index in [0.717, 1.165) is 6.42 Å². The van der Waals surface area contributed by atoms with Gasteiger partial charge in [-0.25, -0.2) is 0 Å². The lowest BCUT2D eigenvalue weighted by atomic mass is 10.2. The molecule has 0 aliphatic carbocycles. The van der Waals surface area contributed by atoms with Crippen LogP contribution in [0.25, 0.3) is 0 Å². The van der Waals surface area contributed by atoms with Crippen LogP contribution in [-0.4, -0.2) is 27.1 Å². The summed E-state index contributed by atoms with van der Waals surface area (Å²) in [5.41, 5.74) is 3.29. The van der Waals surface area contributed by atoms with Gasteiger partial charge in [-0.2, -0.15) is 0 Å². The Bertz CT molecular complexity index is 226. The molecule has 0 spiro atoms. The molecule has 2 nitrogen and oxygen atoms in total. The summed E-state index contributed by atoms with van der Waals surface area (Å²) in [7, 11) is -1.31. The van der Waals surface area contributed by atoms with E-state index in [1.807, 2.05) is 6.92 Å². The molecule has 1 rings (SSSR count). The maximum Gasteiger partial charge on any atom is 0.232 e. The Hall–Kier alpha value is -0.303.